The lowest BCUT2D eigenvalue weighted by atomic mass is 10.1. The van der Waals surface area contributed by atoms with Gasteiger partial charge < -0.3 is 15.0 Å². The summed E-state index contributed by atoms with van der Waals surface area (Å²) >= 11 is 1.11. The number of benzene rings is 1. The van der Waals surface area contributed by atoms with Crippen LogP contribution in [0.3, 0.4) is 0 Å². The van der Waals surface area contributed by atoms with Crippen molar-refractivity contribution in [3.05, 3.63) is 51.9 Å². The molecule has 2 atom stereocenters. The molecule has 0 bridgehead atoms. The number of hydrogen-bond donors (Lipinski definition) is 1. The van der Waals surface area contributed by atoms with E-state index >= 15 is 0 Å². The monoisotopic (exact) mass is 386 g/mol. The smallest absolute Gasteiger partial charge is 0.341 e. The van der Waals surface area contributed by atoms with Gasteiger partial charge >= 0.3 is 5.97 Å². The Morgan fingerprint density at radius 3 is 2.44 bits per heavy atom. The maximum atomic E-state index is 12.7. The minimum absolute atomic E-state index is 0.131. The summed E-state index contributed by atoms with van der Waals surface area (Å²) in [5.74, 6) is -0.854. The molecule has 6 nitrogen and oxygen atoms in total. The predicted octanol–water partition coefficient (Wildman–Crippen LogP) is 3.29. The fourth-order valence-corrected chi connectivity index (χ4v) is 4.33. The standard InChI is InChI=1S/C20H22N2O4S/c1-11-15(20(25)26-4)18(27-16(11)19(24)22(2)3)21-17(23)14-10-13(14)12-8-6-5-7-9-12/h5-9,13-14H,10H2,1-4H3,(H,21,23)/t13-,14-/m0/s1. The zero-order valence-corrected chi connectivity index (χ0v) is 16.6. The normalized spacial score (nSPS) is 17.9. The van der Waals surface area contributed by atoms with Gasteiger partial charge in [-0.25, -0.2) is 4.79 Å². The number of ether oxygens (including phenoxy) is 1. The van der Waals surface area contributed by atoms with Gasteiger partial charge in [0.2, 0.25) is 5.91 Å². The fraction of sp³-hybridized carbons (Fsp3) is 0.350. The van der Waals surface area contributed by atoms with E-state index in [0.717, 1.165) is 23.3 Å². The molecule has 1 fully saturated rings. The van der Waals surface area contributed by atoms with Crippen molar-refractivity contribution < 1.29 is 19.1 Å². The highest BCUT2D eigenvalue weighted by Gasteiger charge is 2.44. The van der Waals surface area contributed by atoms with Crippen LogP contribution in [0.1, 0.15) is 43.5 Å². The molecule has 142 valence electrons. The third-order valence-corrected chi connectivity index (χ3v) is 5.92. The number of nitrogens with zero attached hydrogens (tertiary/aromatic N) is 1. The van der Waals surface area contributed by atoms with Crippen molar-refractivity contribution in [3.8, 4) is 0 Å². The zero-order valence-electron chi connectivity index (χ0n) is 15.7. The Labute approximate surface area is 162 Å². The van der Waals surface area contributed by atoms with E-state index in [1.165, 1.54) is 12.0 Å². The molecule has 1 aromatic heterocycles. The van der Waals surface area contributed by atoms with E-state index in [4.69, 9.17) is 4.74 Å². The molecule has 1 aliphatic carbocycles. The van der Waals surface area contributed by atoms with Gasteiger partial charge in [0.05, 0.1) is 17.6 Å². The Hall–Kier alpha value is -2.67. The predicted molar refractivity (Wildman–Crippen MR) is 104 cm³/mol. The van der Waals surface area contributed by atoms with Crippen molar-refractivity contribution in [1.82, 2.24) is 4.90 Å². The van der Waals surface area contributed by atoms with E-state index in [1.807, 2.05) is 30.3 Å². The number of esters is 1. The van der Waals surface area contributed by atoms with Gasteiger partial charge in [-0.3, -0.25) is 9.59 Å². The highest BCUT2D eigenvalue weighted by molar-refractivity contribution is 7.18. The largest absolute Gasteiger partial charge is 0.465 e. The third kappa shape index (κ3) is 3.73. The molecule has 27 heavy (non-hydrogen) atoms. The van der Waals surface area contributed by atoms with Crippen LogP contribution < -0.4 is 5.32 Å². The minimum atomic E-state index is -0.563. The summed E-state index contributed by atoms with van der Waals surface area (Å²) in [7, 11) is 4.57. The van der Waals surface area contributed by atoms with Crippen molar-refractivity contribution in [3.63, 3.8) is 0 Å². The Kier molecular flexibility index (Phi) is 5.32. The van der Waals surface area contributed by atoms with Crippen molar-refractivity contribution in [2.45, 2.75) is 19.3 Å². The fourth-order valence-electron chi connectivity index (χ4n) is 3.11. The second-order valence-corrected chi connectivity index (χ2v) is 7.82. The number of carbonyl (C=O) groups is 3. The van der Waals surface area contributed by atoms with Crippen LogP contribution in [0.5, 0.6) is 0 Å². The van der Waals surface area contributed by atoms with Crippen LogP contribution in [0.25, 0.3) is 0 Å². The molecular formula is C20H22N2O4S. The first-order valence-electron chi connectivity index (χ1n) is 8.64. The van der Waals surface area contributed by atoms with Gasteiger partial charge in [-0.2, -0.15) is 0 Å². The molecule has 3 rings (SSSR count). The van der Waals surface area contributed by atoms with E-state index in [9.17, 15) is 14.4 Å². The van der Waals surface area contributed by atoms with Crippen molar-refractivity contribution in [2.75, 3.05) is 26.5 Å². The van der Waals surface area contributed by atoms with E-state index in [-0.39, 0.29) is 29.2 Å². The van der Waals surface area contributed by atoms with Gasteiger partial charge in [0, 0.05) is 20.0 Å². The van der Waals surface area contributed by atoms with Crippen molar-refractivity contribution in [1.29, 1.82) is 0 Å². The van der Waals surface area contributed by atoms with E-state index in [0.29, 0.717) is 15.4 Å². The second-order valence-electron chi connectivity index (χ2n) is 6.80. The lowest BCUT2D eigenvalue weighted by molar-refractivity contribution is -0.117. The average Bonchev–Trinajstić information content (AvgIpc) is 3.40. The number of methoxy groups -OCH3 is 1. The Morgan fingerprint density at radius 2 is 1.85 bits per heavy atom. The summed E-state index contributed by atoms with van der Waals surface area (Å²) < 4.78 is 4.85. The van der Waals surface area contributed by atoms with Crippen LogP contribution >= 0.6 is 11.3 Å². The molecule has 1 heterocycles. The summed E-state index contributed by atoms with van der Waals surface area (Å²) in [6, 6.07) is 9.89. The van der Waals surface area contributed by atoms with E-state index in [1.54, 1.807) is 21.0 Å². The third-order valence-electron chi connectivity index (χ3n) is 4.73. The molecule has 0 unspecified atom stereocenters. The van der Waals surface area contributed by atoms with Crippen LogP contribution in [0.4, 0.5) is 5.00 Å². The highest BCUT2D eigenvalue weighted by Crippen LogP contribution is 2.48. The highest BCUT2D eigenvalue weighted by atomic mass is 32.1. The number of amides is 2. The molecular weight excluding hydrogens is 364 g/mol. The number of anilines is 1. The van der Waals surface area contributed by atoms with Crippen LogP contribution in [-0.2, 0) is 9.53 Å². The lowest BCUT2D eigenvalue weighted by Gasteiger charge is -2.08. The van der Waals surface area contributed by atoms with E-state index < -0.39 is 5.97 Å². The van der Waals surface area contributed by atoms with Crippen LogP contribution in [0, 0.1) is 12.8 Å². The van der Waals surface area contributed by atoms with Crippen molar-refractivity contribution >= 4 is 34.1 Å². The molecule has 0 saturated heterocycles. The lowest BCUT2D eigenvalue weighted by Crippen LogP contribution is -2.21. The molecule has 0 radical (unpaired) electrons. The first kappa shape index (κ1) is 19.1. The summed E-state index contributed by atoms with van der Waals surface area (Å²) in [5.41, 5.74) is 1.91. The van der Waals surface area contributed by atoms with Crippen LogP contribution in [0.2, 0.25) is 0 Å². The Morgan fingerprint density at radius 1 is 1.19 bits per heavy atom. The first-order chi connectivity index (χ1) is 12.8. The topological polar surface area (TPSA) is 75.7 Å². The molecule has 2 amide bonds. The average molecular weight is 386 g/mol. The van der Waals surface area contributed by atoms with Crippen LogP contribution in [-0.4, -0.2) is 43.9 Å². The summed E-state index contributed by atoms with van der Waals surface area (Å²) in [6.45, 7) is 1.69. The molecule has 2 aromatic rings. The molecule has 0 spiro atoms. The summed E-state index contributed by atoms with van der Waals surface area (Å²) in [5, 5.41) is 3.22. The number of carbonyl (C=O) groups excluding carboxylic acids is 3. The van der Waals surface area contributed by atoms with Gasteiger partial charge in [-0.15, -0.1) is 11.3 Å². The first-order valence-corrected chi connectivity index (χ1v) is 9.46. The van der Waals surface area contributed by atoms with Gasteiger partial charge in [0.25, 0.3) is 5.91 Å². The van der Waals surface area contributed by atoms with Gasteiger partial charge in [0.1, 0.15) is 5.00 Å². The Bertz CT molecular complexity index is 889. The maximum absolute atomic E-state index is 12.7. The Balaban J connectivity index is 1.84. The SMILES string of the molecule is COC(=O)c1c(NC(=O)[C@H]2C[C@H]2c2ccccc2)sc(C(=O)N(C)C)c1C. The molecule has 0 aliphatic heterocycles. The minimum Gasteiger partial charge on any atom is -0.465 e. The summed E-state index contributed by atoms with van der Waals surface area (Å²) in [4.78, 5) is 39.2. The number of nitrogens with one attached hydrogen (secondary N) is 1. The summed E-state index contributed by atoms with van der Waals surface area (Å²) in [6.07, 6.45) is 0.775. The number of rotatable bonds is 5. The number of hydrogen-bond acceptors (Lipinski definition) is 5. The molecule has 1 aliphatic rings. The van der Waals surface area contributed by atoms with Gasteiger partial charge in [-0.1, -0.05) is 30.3 Å². The van der Waals surface area contributed by atoms with Crippen LogP contribution in [0.15, 0.2) is 30.3 Å². The molecule has 7 heteroatoms. The van der Waals surface area contributed by atoms with Crippen molar-refractivity contribution in [2.24, 2.45) is 5.92 Å². The molecule has 1 N–H and O–H groups in total. The number of thiophene rings is 1. The van der Waals surface area contributed by atoms with Gasteiger partial charge in [-0.05, 0) is 30.4 Å². The van der Waals surface area contributed by atoms with Gasteiger partial charge in [0.15, 0.2) is 0 Å². The quantitative estimate of drug-likeness (QED) is 0.800. The van der Waals surface area contributed by atoms with E-state index in [2.05, 4.69) is 5.32 Å². The zero-order chi connectivity index (χ0) is 19.7. The maximum Gasteiger partial charge on any atom is 0.341 e. The molecule has 1 aromatic carbocycles. The second kappa shape index (κ2) is 7.52. The molecule has 1 saturated carbocycles.